The molecule has 0 aliphatic heterocycles. The topological polar surface area (TPSA) is 70.6 Å². The third kappa shape index (κ3) is 3.79. The number of para-hydroxylation sites is 4. The van der Waals surface area contributed by atoms with Crippen LogP contribution < -0.4 is 0 Å². The van der Waals surface area contributed by atoms with E-state index in [0.717, 1.165) is 88.1 Å². The highest BCUT2D eigenvalue weighted by Crippen LogP contribution is 2.42. The van der Waals surface area contributed by atoms with Crippen molar-refractivity contribution in [3.8, 4) is 34.6 Å². The van der Waals surface area contributed by atoms with Gasteiger partial charge in [-0.15, -0.1) is 0 Å². The lowest BCUT2D eigenvalue weighted by Crippen LogP contribution is -2.01. The van der Waals surface area contributed by atoms with Crippen molar-refractivity contribution in [1.29, 1.82) is 10.5 Å². The number of aromatic nitrogens is 2. The van der Waals surface area contributed by atoms with Crippen LogP contribution >= 0.6 is 0 Å². The predicted molar refractivity (Wildman–Crippen MR) is 197 cm³/mol. The molecule has 3 heterocycles. The van der Waals surface area contributed by atoms with Crippen LogP contribution in [0.2, 0.25) is 0 Å². The van der Waals surface area contributed by atoms with E-state index in [1.165, 1.54) is 0 Å². The quantitative estimate of drug-likeness (QED) is 0.196. The number of hydrogen-bond acceptors (Lipinski definition) is 3. The molecule has 0 fully saturated rings. The molecule has 0 aliphatic rings. The van der Waals surface area contributed by atoms with Gasteiger partial charge in [-0.05, 0) is 72.3 Å². The maximum Gasteiger partial charge on any atom is 0.145 e. The molecular weight excluding hydrogens is 601 g/mol. The Kier molecular flexibility index (Phi) is 5.64. The molecule has 7 aromatic carbocycles. The van der Waals surface area contributed by atoms with Crippen LogP contribution in [0, 0.1) is 22.7 Å². The molecule has 5 nitrogen and oxygen atoms in total. The highest BCUT2D eigenvalue weighted by Gasteiger charge is 2.21. The summed E-state index contributed by atoms with van der Waals surface area (Å²) in [4.78, 5) is 0. The van der Waals surface area contributed by atoms with Crippen LogP contribution in [0.4, 0.5) is 0 Å². The average Bonchev–Trinajstić information content (AvgIpc) is 3.82. The van der Waals surface area contributed by atoms with Crippen molar-refractivity contribution in [3.05, 3.63) is 157 Å². The fourth-order valence-electron chi connectivity index (χ4n) is 7.69. The minimum atomic E-state index is 0.575. The summed E-state index contributed by atoms with van der Waals surface area (Å²) in [6, 6.07) is 54.2. The third-order valence-electron chi connectivity index (χ3n) is 9.80. The van der Waals surface area contributed by atoms with Crippen LogP contribution in [0.15, 0.2) is 150 Å². The summed E-state index contributed by atoms with van der Waals surface area (Å²) in [6.45, 7) is 0. The van der Waals surface area contributed by atoms with Gasteiger partial charge in [-0.1, -0.05) is 78.9 Å². The molecule has 3 aromatic heterocycles. The van der Waals surface area contributed by atoms with E-state index in [9.17, 15) is 10.5 Å². The van der Waals surface area contributed by atoms with Crippen molar-refractivity contribution in [2.75, 3.05) is 0 Å². The van der Waals surface area contributed by atoms with E-state index < -0.39 is 0 Å². The highest BCUT2D eigenvalue weighted by atomic mass is 16.3. The predicted octanol–water partition coefficient (Wildman–Crippen LogP) is 11.2. The van der Waals surface area contributed by atoms with Crippen LogP contribution in [0.3, 0.4) is 0 Å². The Hall–Kier alpha value is -7.08. The summed E-state index contributed by atoms with van der Waals surface area (Å²) in [5, 5.41) is 26.5. The van der Waals surface area contributed by atoms with E-state index in [4.69, 9.17) is 4.42 Å². The number of fused-ring (bicyclic) bond motifs is 10. The second kappa shape index (κ2) is 10.2. The fraction of sp³-hybridized carbons (Fsp3) is 0. The molecule has 0 spiro atoms. The van der Waals surface area contributed by atoms with Gasteiger partial charge >= 0.3 is 0 Å². The molecule has 0 amide bonds. The molecule has 5 heteroatoms. The number of benzene rings is 7. The minimum Gasteiger partial charge on any atom is -0.455 e. The molecule has 10 aromatic rings. The average molecular weight is 625 g/mol. The van der Waals surface area contributed by atoms with Crippen molar-refractivity contribution in [2.24, 2.45) is 0 Å². The fourth-order valence-corrected chi connectivity index (χ4v) is 7.69. The van der Waals surface area contributed by atoms with Crippen LogP contribution in [0.1, 0.15) is 11.1 Å². The lowest BCUT2D eigenvalue weighted by atomic mass is 9.99. The van der Waals surface area contributed by atoms with Crippen molar-refractivity contribution in [1.82, 2.24) is 9.13 Å². The molecule has 0 radical (unpaired) electrons. The van der Waals surface area contributed by atoms with Gasteiger partial charge in [0.05, 0.1) is 50.3 Å². The van der Waals surface area contributed by atoms with E-state index in [1.807, 2.05) is 54.6 Å². The summed E-state index contributed by atoms with van der Waals surface area (Å²) >= 11 is 0. The smallest absolute Gasteiger partial charge is 0.145 e. The largest absolute Gasteiger partial charge is 0.455 e. The third-order valence-corrected chi connectivity index (χ3v) is 9.80. The maximum absolute atomic E-state index is 10.4. The van der Waals surface area contributed by atoms with Crippen LogP contribution in [-0.4, -0.2) is 9.13 Å². The molecule has 0 saturated carbocycles. The molecular formula is C44H24N4O. The van der Waals surface area contributed by atoms with E-state index in [2.05, 4.69) is 112 Å². The van der Waals surface area contributed by atoms with Crippen molar-refractivity contribution in [3.63, 3.8) is 0 Å². The van der Waals surface area contributed by atoms with Gasteiger partial charge in [0.1, 0.15) is 17.2 Å². The molecule has 0 bridgehead atoms. The Morgan fingerprint density at radius 1 is 0.490 bits per heavy atom. The second-order valence-electron chi connectivity index (χ2n) is 12.3. The normalized spacial score (nSPS) is 11.6. The van der Waals surface area contributed by atoms with Crippen molar-refractivity contribution >= 4 is 65.6 Å². The first-order valence-electron chi connectivity index (χ1n) is 16.1. The number of nitrogens with zero attached hydrogens (tertiary/aromatic N) is 4. The van der Waals surface area contributed by atoms with Crippen LogP contribution in [-0.2, 0) is 0 Å². The van der Waals surface area contributed by atoms with E-state index in [0.29, 0.717) is 11.1 Å². The van der Waals surface area contributed by atoms with E-state index in [-0.39, 0.29) is 0 Å². The van der Waals surface area contributed by atoms with Gasteiger partial charge in [0.25, 0.3) is 0 Å². The maximum atomic E-state index is 10.4. The number of nitriles is 2. The molecule has 0 aliphatic carbocycles. The van der Waals surface area contributed by atoms with Crippen molar-refractivity contribution in [2.45, 2.75) is 0 Å². The van der Waals surface area contributed by atoms with Crippen LogP contribution in [0.5, 0.6) is 0 Å². The zero-order valence-corrected chi connectivity index (χ0v) is 26.1. The Morgan fingerprint density at radius 3 is 1.98 bits per heavy atom. The lowest BCUT2D eigenvalue weighted by molar-refractivity contribution is 0.673. The second-order valence-corrected chi connectivity index (χ2v) is 12.3. The van der Waals surface area contributed by atoms with Gasteiger partial charge in [-0.3, -0.25) is 0 Å². The molecule has 0 saturated heterocycles. The van der Waals surface area contributed by atoms with Gasteiger partial charge in [0.15, 0.2) is 0 Å². The Morgan fingerprint density at radius 2 is 1.18 bits per heavy atom. The van der Waals surface area contributed by atoms with Gasteiger partial charge in [-0.2, -0.15) is 10.5 Å². The summed E-state index contributed by atoms with van der Waals surface area (Å²) in [6.07, 6.45) is 0. The number of furan rings is 1. The van der Waals surface area contributed by atoms with Gasteiger partial charge in [0, 0.05) is 38.2 Å². The number of rotatable bonds is 3. The molecule has 0 N–H and O–H groups in total. The molecule has 49 heavy (non-hydrogen) atoms. The zero-order valence-electron chi connectivity index (χ0n) is 26.1. The lowest BCUT2D eigenvalue weighted by Gasteiger charge is -2.16. The Balaban J connectivity index is 1.19. The van der Waals surface area contributed by atoms with Gasteiger partial charge in [-0.25, -0.2) is 0 Å². The first-order valence-corrected chi connectivity index (χ1v) is 16.1. The molecule has 226 valence electrons. The Bertz CT molecular complexity index is 3070. The first-order chi connectivity index (χ1) is 24.2. The summed E-state index contributed by atoms with van der Waals surface area (Å²) in [5.74, 6) is 0. The van der Waals surface area contributed by atoms with E-state index >= 15 is 0 Å². The molecule has 0 unspecified atom stereocenters. The summed E-state index contributed by atoms with van der Waals surface area (Å²) < 4.78 is 11.0. The summed E-state index contributed by atoms with van der Waals surface area (Å²) in [7, 11) is 0. The Labute approximate surface area is 280 Å². The SMILES string of the molecule is N#Cc1ccc2c(c1)c1ccccc1n2-c1c(C#N)cccc1-c1ccc(-n2c3ccccc3c3c4oc5ccccc5c4ccc32)cc1. The van der Waals surface area contributed by atoms with Gasteiger partial charge in [0.2, 0.25) is 0 Å². The first kappa shape index (κ1) is 27.1. The molecule has 10 rings (SSSR count). The monoisotopic (exact) mass is 624 g/mol. The van der Waals surface area contributed by atoms with E-state index in [1.54, 1.807) is 0 Å². The zero-order chi connectivity index (χ0) is 32.6. The molecule has 0 atom stereocenters. The van der Waals surface area contributed by atoms with Crippen molar-refractivity contribution < 1.29 is 4.42 Å². The minimum absolute atomic E-state index is 0.575. The number of hydrogen-bond donors (Lipinski definition) is 0. The standard InChI is InChI=1S/C44H24N4O/c45-25-27-16-22-39-36(24-27)32-9-1-4-13-37(32)48(39)43-29(26-46)8-7-12-31(43)28-17-19-30(20-18-28)47-38-14-5-2-11-35(38)42-40(47)23-21-34-33-10-3-6-15-41(33)49-44(34)42/h1-24H. The highest BCUT2D eigenvalue weighted by molar-refractivity contribution is 6.23. The van der Waals surface area contributed by atoms with Crippen LogP contribution in [0.25, 0.3) is 88.1 Å². The van der Waals surface area contributed by atoms with Gasteiger partial charge < -0.3 is 13.6 Å². The summed E-state index contributed by atoms with van der Waals surface area (Å²) in [5.41, 5.74) is 10.9.